The quantitative estimate of drug-likeness (QED) is 0.939. The van der Waals surface area contributed by atoms with Gasteiger partial charge in [0.2, 0.25) is 0 Å². The van der Waals surface area contributed by atoms with Gasteiger partial charge < -0.3 is 14.5 Å². The van der Waals surface area contributed by atoms with Crippen LogP contribution in [0.5, 0.6) is 0 Å². The maximum absolute atomic E-state index is 12.9. The molecule has 5 nitrogen and oxygen atoms in total. The molecule has 0 atom stereocenters. The average molecular weight is 292 g/mol. The zero-order valence-corrected chi connectivity index (χ0v) is 12.1. The van der Waals surface area contributed by atoms with Crippen LogP contribution in [0.25, 0.3) is 11.3 Å². The molecule has 0 saturated heterocycles. The van der Waals surface area contributed by atoms with E-state index in [0.717, 1.165) is 0 Å². The zero-order valence-electron chi connectivity index (χ0n) is 12.1. The van der Waals surface area contributed by atoms with Gasteiger partial charge in [0.05, 0.1) is 5.60 Å². The van der Waals surface area contributed by atoms with E-state index < -0.39 is 5.60 Å². The Morgan fingerprint density at radius 2 is 2.00 bits per heavy atom. The van der Waals surface area contributed by atoms with Crippen molar-refractivity contribution < 1.29 is 18.8 Å². The molecular weight excluding hydrogens is 275 g/mol. The van der Waals surface area contributed by atoms with Crippen molar-refractivity contribution in [1.29, 1.82) is 0 Å². The van der Waals surface area contributed by atoms with Gasteiger partial charge in [-0.2, -0.15) is 0 Å². The molecule has 0 aliphatic carbocycles. The van der Waals surface area contributed by atoms with Crippen molar-refractivity contribution in [3.8, 4) is 11.3 Å². The van der Waals surface area contributed by atoms with Gasteiger partial charge in [-0.15, -0.1) is 0 Å². The lowest BCUT2D eigenvalue weighted by Crippen LogP contribution is -2.39. The number of amides is 1. The number of rotatable bonds is 4. The Balaban J connectivity index is 2.16. The molecule has 1 N–H and O–H groups in total. The molecule has 0 aliphatic heterocycles. The normalized spacial score (nSPS) is 11.5. The first kappa shape index (κ1) is 15.2. The highest BCUT2D eigenvalue weighted by atomic mass is 19.1. The lowest BCUT2D eigenvalue weighted by molar-refractivity contribution is 0.0362. The number of nitrogens with zero attached hydrogens (tertiary/aromatic N) is 2. The van der Waals surface area contributed by atoms with E-state index in [1.165, 1.54) is 23.1 Å². The van der Waals surface area contributed by atoms with Crippen LogP contribution >= 0.6 is 0 Å². The van der Waals surface area contributed by atoms with Gasteiger partial charge >= 0.3 is 0 Å². The van der Waals surface area contributed by atoms with Crippen LogP contribution in [0.3, 0.4) is 0 Å². The molecule has 0 spiro atoms. The minimum Gasteiger partial charge on any atom is -0.389 e. The van der Waals surface area contributed by atoms with Gasteiger partial charge in [0, 0.05) is 25.2 Å². The molecule has 1 amide bonds. The van der Waals surface area contributed by atoms with Gasteiger partial charge in [-0.05, 0) is 38.1 Å². The Labute approximate surface area is 122 Å². The molecule has 21 heavy (non-hydrogen) atoms. The van der Waals surface area contributed by atoms with E-state index in [1.807, 2.05) is 0 Å². The van der Waals surface area contributed by atoms with E-state index >= 15 is 0 Å². The van der Waals surface area contributed by atoms with Crippen LogP contribution in [0, 0.1) is 5.82 Å². The summed E-state index contributed by atoms with van der Waals surface area (Å²) in [6, 6.07) is 7.20. The summed E-state index contributed by atoms with van der Waals surface area (Å²) >= 11 is 0. The van der Waals surface area contributed by atoms with Crippen LogP contribution in [-0.4, -0.2) is 40.3 Å². The molecule has 1 aromatic heterocycles. The van der Waals surface area contributed by atoms with Crippen LogP contribution < -0.4 is 0 Å². The molecular formula is C15H17FN2O3. The fourth-order valence-corrected chi connectivity index (χ4v) is 1.97. The van der Waals surface area contributed by atoms with Gasteiger partial charge in [-0.3, -0.25) is 4.79 Å². The van der Waals surface area contributed by atoms with Crippen molar-refractivity contribution in [3.05, 3.63) is 41.8 Å². The van der Waals surface area contributed by atoms with Crippen molar-refractivity contribution in [1.82, 2.24) is 10.1 Å². The monoisotopic (exact) mass is 292 g/mol. The molecule has 2 aromatic rings. The number of hydrogen-bond acceptors (Lipinski definition) is 4. The number of carbonyl (C=O) groups is 1. The fraction of sp³-hybridized carbons (Fsp3) is 0.333. The van der Waals surface area contributed by atoms with Gasteiger partial charge in [-0.1, -0.05) is 5.16 Å². The predicted molar refractivity (Wildman–Crippen MR) is 75.2 cm³/mol. The van der Waals surface area contributed by atoms with Crippen molar-refractivity contribution in [2.75, 3.05) is 13.6 Å². The molecule has 0 fully saturated rings. The number of benzene rings is 1. The molecule has 0 aliphatic rings. The summed E-state index contributed by atoms with van der Waals surface area (Å²) in [7, 11) is 1.58. The minimum atomic E-state index is -0.992. The number of likely N-dealkylation sites (N-methyl/N-ethyl adjacent to an activating group) is 1. The van der Waals surface area contributed by atoms with Crippen molar-refractivity contribution in [2.45, 2.75) is 19.4 Å². The second kappa shape index (κ2) is 5.65. The fourth-order valence-electron chi connectivity index (χ4n) is 1.97. The molecule has 0 radical (unpaired) electrons. The Hall–Kier alpha value is -2.21. The molecule has 0 unspecified atom stereocenters. The molecule has 0 saturated carbocycles. The first-order chi connectivity index (χ1) is 9.76. The summed E-state index contributed by atoms with van der Waals surface area (Å²) in [4.78, 5) is 13.5. The highest BCUT2D eigenvalue weighted by Gasteiger charge is 2.23. The van der Waals surface area contributed by atoms with Gasteiger partial charge in [0.25, 0.3) is 5.91 Å². The lowest BCUT2D eigenvalue weighted by atomic mass is 10.1. The Bertz CT molecular complexity index is 629. The molecule has 112 valence electrons. The third-order valence-corrected chi connectivity index (χ3v) is 2.83. The van der Waals surface area contributed by atoms with Crippen LogP contribution in [0.15, 0.2) is 34.9 Å². The number of hydrogen-bond donors (Lipinski definition) is 1. The van der Waals surface area contributed by atoms with E-state index in [2.05, 4.69) is 5.16 Å². The van der Waals surface area contributed by atoms with Gasteiger partial charge in [0.1, 0.15) is 5.82 Å². The molecule has 6 heteroatoms. The lowest BCUT2D eigenvalue weighted by Gasteiger charge is -2.24. The van der Waals surface area contributed by atoms with Crippen LogP contribution in [-0.2, 0) is 0 Å². The minimum absolute atomic E-state index is 0.140. The van der Waals surface area contributed by atoms with E-state index in [-0.39, 0.29) is 24.0 Å². The van der Waals surface area contributed by atoms with Crippen LogP contribution in [0.1, 0.15) is 24.3 Å². The van der Waals surface area contributed by atoms with Gasteiger partial charge in [0.15, 0.2) is 11.5 Å². The summed E-state index contributed by atoms with van der Waals surface area (Å²) in [5, 5.41) is 13.4. The summed E-state index contributed by atoms with van der Waals surface area (Å²) in [5.74, 6) is -0.316. The third kappa shape index (κ3) is 3.88. The molecule has 1 aromatic carbocycles. The summed E-state index contributed by atoms with van der Waals surface area (Å²) in [6.07, 6.45) is 0. The van der Waals surface area contributed by atoms with E-state index in [0.29, 0.717) is 11.3 Å². The second-order valence-corrected chi connectivity index (χ2v) is 5.56. The Morgan fingerprint density at radius 3 is 2.57 bits per heavy atom. The summed E-state index contributed by atoms with van der Waals surface area (Å²) in [5.41, 5.74) is -0.220. The standard InChI is InChI=1S/C15H17FN2O3/c1-15(2,20)9-18(3)14(19)12-8-13(21-17-12)10-4-6-11(16)7-5-10/h4-8,20H,9H2,1-3H3. The van der Waals surface area contributed by atoms with Crippen LogP contribution in [0.4, 0.5) is 4.39 Å². The van der Waals surface area contributed by atoms with Crippen molar-refractivity contribution in [2.24, 2.45) is 0 Å². The maximum Gasteiger partial charge on any atom is 0.275 e. The second-order valence-electron chi connectivity index (χ2n) is 5.56. The zero-order chi connectivity index (χ0) is 15.6. The van der Waals surface area contributed by atoms with Crippen LogP contribution in [0.2, 0.25) is 0 Å². The van der Waals surface area contributed by atoms with E-state index in [1.54, 1.807) is 33.0 Å². The first-order valence-electron chi connectivity index (χ1n) is 6.47. The SMILES string of the molecule is CN(CC(C)(C)O)C(=O)c1cc(-c2ccc(F)cc2)on1. The van der Waals surface area contributed by atoms with Crippen molar-refractivity contribution in [3.63, 3.8) is 0 Å². The third-order valence-electron chi connectivity index (χ3n) is 2.83. The smallest absolute Gasteiger partial charge is 0.275 e. The number of aliphatic hydroxyl groups is 1. The maximum atomic E-state index is 12.9. The Morgan fingerprint density at radius 1 is 1.38 bits per heavy atom. The largest absolute Gasteiger partial charge is 0.389 e. The van der Waals surface area contributed by atoms with Crippen molar-refractivity contribution >= 4 is 5.91 Å². The molecule has 0 bridgehead atoms. The molecule has 1 heterocycles. The van der Waals surface area contributed by atoms with E-state index in [4.69, 9.17) is 4.52 Å². The highest BCUT2D eigenvalue weighted by molar-refractivity contribution is 5.93. The highest BCUT2D eigenvalue weighted by Crippen LogP contribution is 2.21. The number of halogens is 1. The van der Waals surface area contributed by atoms with Gasteiger partial charge in [-0.25, -0.2) is 4.39 Å². The predicted octanol–water partition coefficient (Wildman–Crippen LogP) is 2.32. The Kier molecular flexibility index (Phi) is 4.09. The topological polar surface area (TPSA) is 66.6 Å². The number of aromatic nitrogens is 1. The average Bonchev–Trinajstić information content (AvgIpc) is 2.86. The first-order valence-corrected chi connectivity index (χ1v) is 6.47. The summed E-state index contributed by atoms with van der Waals surface area (Å²) < 4.78 is 18.0. The summed E-state index contributed by atoms with van der Waals surface area (Å²) in [6.45, 7) is 3.40. The number of carbonyl (C=O) groups excluding carboxylic acids is 1. The van der Waals surface area contributed by atoms with E-state index in [9.17, 15) is 14.3 Å². The molecule has 2 rings (SSSR count).